The Kier molecular flexibility index (Phi) is 3.99. The van der Waals surface area contributed by atoms with Gasteiger partial charge in [-0.15, -0.1) is 0 Å². The van der Waals surface area contributed by atoms with Gasteiger partial charge in [0.1, 0.15) is 11.5 Å². The third-order valence-electron chi connectivity index (χ3n) is 2.52. The van der Waals surface area contributed by atoms with Gasteiger partial charge in [-0.3, -0.25) is 0 Å². The Labute approximate surface area is 104 Å². The van der Waals surface area contributed by atoms with E-state index < -0.39 is 0 Å². The molecule has 5 nitrogen and oxygen atoms in total. The number of halogens is 1. The summed E-state index contributed by atoms with van der Waals surface area (Å²) >= 11 is 0. The predicted molar refractivity (Wildman–Crippen MR) is 64.4 cm³/mol. The van der Waals surface area contributed by atoms with Gasteiger partial charge >= 0.3 is 0 Å². The SMILES string of the molecule is CCNCC(C)c1nc(-c2ccc(F)cn2)no1. The zero-order valence-electron chi connectivity index (χ0n) is 10.4. The van der Waals surface area contributed by atoms with Crippen LogP contribution in [0.3, 0.4) is 0 Å². The maximum Gasteiger partial charge on any atom is 0.231 e. The van der Waals surface area contributed by atoms with Gasteiger partial charge in [-0.05, 0) is 18.7 Å². The molecule has 0 saturated heterocycles. The van der Waals surface area contributed by atoms with E-state index in [0.717, 1.165) is 19.3 Å². The molecule has 0 radical (unpaired) electrons. The van der Waals surface area contributed by atoms with Crippen LogP contribution < -0.4 is 5.32 Å². The van der Waals surface area contributed by atoms with Gasteiger partial charge in [0, 0.05) is 12.5 Å². The molecule has 0 spiro atoms. The molecule has 0 aliphatic carbocycles. The number of nitrogens with zero attached hydrogens (tertiary/aromatic N) is 3. The lowest BCUT2D eigenvalue weighted by Gasteiger charge is -2.05. The van der Waals surface area contributed by atoms with Gasteiger partial charge in [-0.25, -0.2) is 9.37 Å². The summed E-state index contributed by atoms with van der Waals surface area (Å²) < 4.78 is 17.9. The second kappa shape index (κ2) is 5.68. The van der Waals surface area contributed by atoms with Crippen LogP contribution in [0, 0.1) is 5.82 Å². The van der Waals surface area contributed by atoms with E-state index in [0.29, 0.717) is 17.4 Å². The summed E-state index contributed by atoms with van der Waals surface area (Å²) in [7, 11) is 0. The molecule has 0 aliphatic heterocycles. The zero-order valence-corrected chi connectivity index (χ0v) is 10.4. The molecule has 1 unspecified atom stereocenters. The Morgan fingerprint density at radius 2 is 2.28 bits per heavy atom. The Balaban J connectivity index is 2.12. The fourth-order valence-corrected chi connectivity index (χ4v) is 1.50. The lowest BCUT2D eigenvalue weighted by molar-refractivity contribution is 0.355. The van der Waals surface area contributed by atoms with Gasteiger partial charge < -0.3 is 9.84 Å². The summed E-state index contributed by atoms with van der Waals surface area (Å²) in [5.41, 5.74) is 0.502. The van der Waals surface area contributed by atoms with Crippen molar-refractivity contribution in [3.8, 4) is 11.5 Å². The Morgan fingerprint density at radius 3 is 2.94 bits per heavy atom. The first kappa shape index (κ1) is 12.6. The van der Waals surface area contributed by atoms with Crippen LogP contribution in [0.25, 0.3) is 11.5 Å². The van der Waals surface area contributed by atoms with E-state index in [1.165, 1.54) is 12.1 Å². The largest absolute Gasteiger partial charge is 0.339 e. The monoisotopic (exact) mass is 250 g/mol. The molecule has 2 aromatic rings. The lowest BCUT2D eigenvalue weighted by atomic mass is 10.2. The standard InChI is InChI=1S/C12H15FN4O/c1-3-14-6-8(2)12-16-11(17-18-12)10-5-4-9(13)7-15-10/h4-5,7-8,14H,3,6H2,1-2H3. The summed E-state index contributed by atoms with van der Waals surface area (Å²) in [6.07, 6.45) is 1.13. The molecule has 1 atom stereocenters. The highest BCUT2D eigenvalue weighted by Crippen LogP contribution is 2.17. The highest BCUT2D eigenvalue weighted by molar-refractivity contribution is 5.47. The van der Waals surface area contributed by atoms with Crippen LogP contribution >= 0.6 is 0 Å². The molecule has 96 valence electrons. The van der Waals surface area contributed by atoms with Gasteiger partial charge in [0.05, 0.1) is 6.20 Å². The Hall–Kier alpha value is -1.82. The van der Waals surface area contributed by atoms with E-state index in [9.17, 15) is 4.39 Å². The molecule has 0 aliphatic rings. The van der Waals surface area contributed by atoms with E-state index in [1.54, 1.807) is 0 Å². The zero-order chi connectivity index (χ0) is 13.0. The highest BCUT2D eigenvalue weighted by Gasteiger charge is 2.15. The maximum absolute atomic E-state index is 12.7. The van der Waals surface area contributed by atoms with Crippen LogP contribution in [0.5, 0.6) is 0 Å². The van der Waals surface area contributed by atoms with E-state index in [4.69, 9.17) is 4.52 Å². The second-order valence-electron chi connectivity index (χ2n) is 4.03. The number of hydrogen-bond acceptors (Lipinski definition) is 5. The average molecular weight is 250 g/mol. The first-order chi connectivity index (χ1) is 8.70. The van der Waals surface area contributed by atoms with Crippen LogP contribution in [-0.4, -0.2) is 28.2 Å². The molecule has 2 rings (SSSR count). The quantitative estimate of drug-likeness (QED) is 0.879. The van der Waals surface area contributed by atoms with Crippen molar-refractivity contribution in [1.29, 1.82) is 0 Å². The van der Waals surface area contributed by atoms with E-state index in [1.807, 2.05) is 13.8 Å². The molecule has 18 heavy (non-hydrogen) atoms. The van der Waals surface area contributed by atoms with Crippen LogP contribution in [0.15, 0.2) is 22.9 Å². The van der Waals surface area contributed by atoms with Gasteiger partial charge in [0.15, 0.2) is 0 Å². The molecule has 0 aromatic carbocycles. The lowest BCUT2D eigenvalue weighted by Crippen LogP contribution is -2.19. The third-order valence-corrected chi connectivity index (χ3v) is 2.52. The minimum atomic E-state index is -0.386. The highest BCUT2D eigenvalue weighted by atomic mass is 19.1. The average Bonchev–Trinajstić information content (AvgIpc) is 2.86. The Bertz CT molecular complexity index is 497. The van der Waals surface area contributed by atoms with Crippen LogP contribution in [0.1, 0.15) is 25.7 Å². The molecule has 6 heteroatoms. The smallest absolute Gasteiger partial charge is 0.231 e. The molecule has 0 fully saturated rings. The number of hydrogen-bond donors (Lipinski definition) is 1. The van der Waals surface area contributed by atoms with Crippen molar-refractivity contribution in [3.05, 3.63) is 30.0 Å². The van der Waals surface area contributed by atoms with E-state index >= 15 is 0 Å². The van der Waals surface area contributed by atoms with E-state index in [-0.39, 0.29) is 11.7 Å². The fraction of sp³-hybridized carbons (Fsp3) is 0.417. The second-order valence-corrected chi connectivity index (χ2v) is 4.03. The predicted octanol–water partition coefficient (Wildman–Crippen LogP) is 1.98. The van der Waals surface area contributed by atoms with Crippen molar-refractivity contribution in [2.75, 3.05) is 13.1 Å². The molecule has 2 aromatic heterocycles. The van der Waals surface area contributed by atoms with Crippen LogP contribution in [-0.2, 0) is 0 Å². The van der Waals surface area contributed by atoms with E-state index in [2.05, 4.69) is 20.4 Å². The van der Waals surface area contributed by atoms with Crippen molar-refractivity contribution >= 4 is 0 Å². The summed E-state index contributed by atoms with van der Waals surface area (Å²) in [6.45, 7) is 5.70. The summed E-state index contributed by atoms with van der Waals surface area (Å²) in [5.74, 6) is 0.681. The normalized spacial score (nSPS) is 12.6. The van der Waals surface area contributed by atoms with Crippen LogP contribution in [0.4, 0.5) is 4.39 Å². The minimum absolute atomic E-state index is 0.131. The molecule has 0 amide bonds. The van der Waals surface area contributed by atoms with Crippen molar-refractivity contribution in [3.63, 3.8) is 0 Å². The maximum atomic E-state index is 12.7. The molecule has 0 saturated carbocycles. The fourth-order valence-electron chi connectivity index (χ4n) is 1.50. The number of aromatic nitrogens is 3. The molecular weight excluding hydrogens is 235 g/mol. The number of rotatable bonds is 5. The minimum Gasteiger partial charge on any atom is -0.339 e. The summed E-state index contributed by atoms with van der Waals surface area (Å²) in [5, 5.41) is 7.06. The number of likely N-dealkylation sites (N-methyl/N-ethyl adjacent to an activating group) is 1. The number of pyridine rings is 1. The van der Waals surface area contributed by atoms with Crippen LogP contribution in [0.2, 0.25) is 0 Å². The summed E-state index contributed by atoms with van der Waals surface area (Å²) in [6, 6.07) is 2.85. The van der Waals surface area contributed by atoms with Gasteiger partial charge in [0.2, 0.25) is 11.7 Å². The molecular formula is C12H15FN4O. The molecule has 2 heterocycles. The van der Waals surface area contributed by atoms with Gasteiger partial charge in [-0.2, -0.15) is 4.98 Å². The summed E-state index contributed by atoms with van der Waals surface area (Å²) in [4.78, 5) is 8.17. The number of nitrogens with one attached hydrogen (secondary N) is 1. The first-order valence-corrected chi connectivity index (χ1v) is 5.87. The van der Waals surface area contributed by atoms with Crippen molar-refractivity contribution in [1.82, 2.24) is 20.4 Å². The van der Waals surface area contributed by atoms with Crippen molar-refractivity contribution < 1.29 is 8.91 Å². The Morgan fingerprint density at radius 1 is 1.44 bits per heavy atom. The third kappa shape index (κ3) is 2.89. The van der Waals surface area contributed by atoms with Gasteiger partial charge in [0.25, 0.3) is 0 Å². The topological polar surface area (TPSA) is 63.8 Å². The van der Waals surface area contributed by atoms with Crippen molar-refractivity contribution in [2.24, 2.45) is 0 Å². The first-order valence-electron chi connectivity index (χ1n) is 5.87. The van der Waals surface area contributed by atoms with Gasteiger partial charge in [-0.1, -0.05) is 19.0 Å². The molecule has 0 bridgehead atoms. The van der Waals surface area contributed by atoms with Crippen molar-refractivity contribution in [2.45, 2.75) is 19.8 Å². The molecule has 1 N–H and O–H groups in total.